The summed E-state index contributed by atoms with van der Waals surface area (Å²) in [5.74, 6) is 1.38. The zero-order chi connectivity index (χ0) is 12.5. The zero-order valence-electron chi connectivity index (χ0n) is 10.5. The van der Waals surface area contributed by atoms with E-state index in [4.69, 9.17) is 5.73 Å². The fraction of sp³-hybridized carbons (Fsp3) is 0.571. The molecular formula is C14H19N3O. The maximum atomic E-state index is 12.3. The van der Waals surface area contributed by atoms with E-state index in [1.165, 1.54) is 6.42 Å². The molecule has 1 unspecified atom stereocenters. The highest BCUT2D eigenvalue weighted by Gasteiger charge is 2.38. The van der Waals surface area contributed by atoms with Crippen LogP contribution in [0.15, 0.2) is 24.5 Å². The first kappa shape index (κ1) is 11.7. The van der Waals surface area contributed by atoms with E-state index in [0.717, 1.165) is 25.9 Å². The molecule has 96 valence electrons. The lowest BCUT2D eigenvalue weighted by Gasteiger charge is -2.27. The van der Waals surface area contributed by atoms with Crippen LogP contribution in [-0.2, 0) is 0 Å². The topological polar surface area (TPSA) is 59.2 Å². The third-order valence-corrected chi connectivity index (χ3v) is 4.29. The monoisotopic (exact) mass is 245 g/mol. The SMILES string of the molecule is NC1CC[C@H]2CN(C(=O)c3cccnc3)C[C@H]2C1. The van der Waals surface area contributed by atoms with Gasteiger partial charge in [0, 0.05) is 31.5 Å². The third kappa shape index (κ3) is 2.12. The number of likely N-dealkylation sites (tertiary alicyclic amines) is 1. The predicted molar refractivity (Wildman–Crippen MR) is 68.9 cm³/mol. The van der Waals surface area contributed by atoms with Crippen molar-refractivity contribution in [2.45, 2.75) is 25.3 Å². The van der Waals surface area contributed by atoms with Crippen LogP contribution in [0.4, 0.5) is 0 Å². The first-order valence-corrected chi connectivity index (χ1v) is 6.69. The Labute approximate surface area is 107 Å². The normalized spacial score (nSPS) is 31.2. The van der Waals surface area contributed by atoms with Gasteiger partial charge < -0.3 is 10.6 Å². The Kier molecular flexibility index (Phi) is 3.04. The fourth-order valence-corrected chi connectivity index (χ4v) is 3.31. The lowest BCUT2D eigenvalue weighted by atomic mass is 9.79. The first-order valence-electron chi connectivity index (χ1n) is 6.69. The van der Waals surface area contributed by atoms with E-state index in [1.807, 2.05) is 17.0 Å². The Bertz CT molecular complexity index is 434. The summed E-state index contributed by atoms with van der Waals surface area (Å²) in [5.41, 5.74) is 6.70. The predicted octanol–water partition coefficient (Wildman–Crippen LogP) is 1.28. The van der Waals surface area contributed by atoms with E-state index < -0.39 is 0 Å². The average molecular weight is 245 g/mol. The molecule has 1 aliphatic carbocycles. The minimum Gasteiger partial charge on any atom is -0.338 e. The van der Waals surface area contributed by atoms with Gasteiger partial charge in [-0.3, -0.25) is 9.78 Å². The minimum atomic E-state index is 0.117. The van der Waals surface area contributed by atoms with Gasteiger partial charge in [-0.1, -0.05) is 0 Å². The second-order valence-corrected chi connectivity index (χ2v) is 5.55. The van der Waals surface area contributed by atoms with E-state index in [-0.39, 0.29) is 5.91 Å². The van der Waals surface area contributed by atoms with Gasteiger partial charge in [0.1, 0.15) is 0 Å². The van der Waals surface area contributed by atoms with Crippen molar-refractivity contribution >= 4 is 5.91 Å². The van der Waals surface area contributed by atoms with Crippen LogP contribution >= 0.6 is 0 Å². The van der Waals surface area contributed by atoms with E-state index in [2.05, 4.69) is 4.98 Å². The van der Waals surface area contributed by atoms with Crippen molar-refractivity contribution in [2.75, 3.05) is 13.1 Å². The lowest BCUT2D eigenvalue weighted by Crippen LogP contribution is -2.32. The summed E-state index contributed by atoms with van der Waals surface area (Å²) in [4.78, 5) is 18.3. The highest BCUT2D eigenvalue weighted by Crippen LogP contribution is 2.36. The van der Waals surface area contributed by atoms with Gasteiger partial charge in [-0.2, -0.15) is 0 Å². The van der Waals surface area contributed by atoms with Crippen LogP contribution in [0, 0.1) is 11.8 Å². The zero-order valence-corrected chi connectivity index (χ0v) is 10.5. The summed E-state index contributed by atoms with van der Waals surface area (Å²) in [6.45, 7) is 1.76. The number of amides is 1. The molecule has 2 heterocycles. The second-order valence-electron chi connectivity index (χ2n) is 5.55. The van der Waals surface area contributed by atoms with Crippen molar-refractivity contribution in [1.82, 2.24) is 9.88 Å². The molecule has 0 spiro atoms. The molecule has 1 aromatic heterocycles. The summed E-state index contributed by atoms with van der Waals surface area (Å²) in [6, 6.07) is 3.98. The summed E-state index contributed by atoms with van der Waals surface area (Å²) < 4.78 is 0. The number of pyridine rings is 1. The van der Waals surface area contributed by atoms with E-state index in [1.54, 1.807) is 12.4 Å². The summed E-state index contributed by atoms with van der Waals surface area (Å²) in [5, 5.41) is 0. The van der Waals surface area contributed by atoms with Crippen LogP contribution in [-0.4, -0.2) is 34.9 Å². The van der Waals surface area contributed by atoms with Gasteiger partial charge in [-0.15, -0.1) is 0 Å². The molecule has 2 fully saturated rings. The number of nitrogens with two attached hydrogens (primary N) is 1. The number of carbonyl (C=O) groups is 1. The number of carbonyl (C=O) groups excluding carboxylic acids is 1. The van der Waals surface area contributed by atoms with Crippen LogP contribution in [0.25, 0.3) is 0 Å². The van der Waals surface area contributed by atoms with Gasteiger partial charge in [0.25, 0.3) is 5.91 Å². The fourth-order valence-electron chi connectivity index (χ4n) is 3.31. The molecule has 3 rings (SSSR count). The van der Waals surface area contributed by atoms with Gasteiger partial charge in [0.2, 0.25) is 0 Å². The average Bonchev–Trinajstić information content (AvgIpc) is 2.81. The smallest absolute Gasteiger partial charge is 0.255 e. The first-order chi connectivity index (χ1) is 8.74. The maximum Gasteiger partial charge on any atom is 0.255 e. The van der Waals surface area contributed by atoms with Gasteiger partial charge >= 0.3 is 0 Å². The molecule has 0 bridgehead atoms. The van der Waals surface area contributed by atoms with E-state index in [9.17, 15) is 4.79 Å². The van der Waals surface area contributed by atoms with Crippen molar-refractivity contribution in [3.05, 3.63) is 30.1 Å². The number of aromatic nitrogens is 1. The highest BCUT2D eigenvalue weighted by molar-refractivity contribution is 5.94. The molecule has 1 aromatic rings. The van der Waals surface area contributed by atoms with Crippen LogP contribution in [0.2, 0.25) is 0 Å². The lowest BCUT2D eigenvalue weighted by molar-refractivity contribution is 0.0783. The number of hydrogen-bond donors (Lipinski definition) is 1. The van der Waals surface area contributed by atoms with E-state index in [0.29, 0.717) is 23.4 Å². The Hall–Kier alpha value is -1.42. The molecule has 2 N–H and O–H groups in total. The Balaban J connectivity index is 1.70. The molecule has 4 nitrogen and oxygen atoms in total. The van der Waals surface area contributed by atoms with Gasteiger partial charge in [-0.25, -0.2) is 0 Å². The quantitative estimate of drug-likeness (QED) is 0.811. The Morgan fingerprint density at radius 2 is 2.17 bits per heavy atom. The van der Waals surface area contributed by atoms with Gasteiger partial charge in [-0.05, 0) is 43.2 Å². The van der Waals surface area contributed by atoms with Crippen LogP contribution < -0.4 is 5.73 Å². The number of nitrogens with zero attached hydrogens (tertiary/aromatic N) is 2. The van der Waals surface area contributed by atoms with Crippen LogP contribution in [0.5, 0.6) is 0 Å². The molecule has 0 aromatic carbocycles. The molecule has 1 amide bonds. The van der Waals surface area contributed by atoms with Crippen molar-refractivity contribution in [1.29, 1.82) is 0 Å². The Morgan fingerprint density at radius 3 is 2.94 bits per heavy atom. The molecule has 18 heavy (non-hydrogen) atoms. The molecule has 1 aliphatic heterocycles. The molecule has 1 saturated carbocycles. The third-order valence-electron chi connectivity index (χ3n) is 4.29. The van der Waals surface area contributed by atoms with Crippen molar-refractivity contribution < 1.29 is 4.79 Å². The maximum absolute atomic E-state index is 12.3. The highest BCUT2D eigenvalue weighted by atomic mass is 16.2. The largest absolute Gasteiger partial charge is 0.338 e. The van der Waals surface area contributed by atoms with Crippen LogP contribution in [0.1, 0.15) is 29.6 Å². The molecule has 3 atom stereocenters. The Morgan fingerprint density at radius 1 is 1.33 bits per heavy atom. The number of rotatable bonds is 1. The molecule has 2 aliphatic rings. The summed E-state index contributed by atoms with van der Waals surface area (Å²) >= 11 is 0. The second kappa shape index (κ2) is 4.69. The van der Waals surface area contributed by atoms with Crippen molar-refractivity contribution in [2.24, 2.45) is 17.6 Å². The summed E-state index contributed by atoms with van der Waals surface area (Å²) in [6.07, 6.45) is 6.69. The van der Waals surface area contributed by atoms with Crippen molar-refractivity contribution in [3.63, 3.8) is 0 Å². The molecular weight excluding hydrogens is 226 g/mol. The molecule has 4 heteroatoms. The molecule has 0 radical (unpaired) electrons. The number of fused-ring (bicyclic) bond motifs is 1. The van der Waals surface area contributed by atoms with Gasteiger partial charge in [0.15, 0.2) is 0 Å². The van der Waals surface area contributed by atoms with Gasteiger partial charge in [0.05, 0.1) is 5.56 Å². The minimum absolute atomic E-state index is 0.117. The number of hydrogen-bond acceptors (Lipinski definition) is 3. The summed E-state index contributed by atoms with van der Waals surface area (Å²) in [7, 11) is 0. The standard InChI is InChI=1S/C14H19N3O/c15-13-4-3-11-8-17(9-12(11)6-13)14(18)10-2-1-5-16-7-10/h1-2,5,7,11-13H,3-4,6,8-9,15H2/t11-,12+,13?/m0/s1. The van der Waals surface area contributed by atoms with Crippen LogP contribution in [0.3, 0.4) is 0 Å². The molecule has 1 saturated heterocycles. The van der Waals surface area contributed by atoms with E-state index >= 15 is 0 Å². The van der Waals surface area contributed by atoms with Crippen molar-refractivity contribution in [3.8, 4) is 0 Å².